The van der Waals surface area contributed by atoms with Crippen molar-refractivity contribution in [2.24, 2.45) is 5.92 Å². The molecule has 5 nitrogen and oxygen atoms in total. The standard InChI is InChI=1S/C23H26N2O3/c1-16(2)15-28-22(26)20-17(3)25(14-18-10-6-4-7-11-18)23(27)24-21(20)19-12-8-5-9-13-19/h4-13,16,21H,14-15H2,1-3H3,(H,24,27). The average Bonchev–Trinajstić information content (AvgIpc) is 2.70. The van der Waals surface area contributed by atoms with E-state index in [0.29, 0.717) is 24.4 Å². The molecule has 0 saturated carbocycles. The van der Waals surface area contributed by atoms with Crippen molar-refractivity contribution in [3.63, 3.8) is 0 Å². The van der Waals surface area contributed by atoms with Gasteiger partial charge < -0.3 is 10.1 Å². The van der Waals surface area contributed by atoms with E-state index >= 15 is 0 Å². The normalized spacial score (nSPS) is 16.9. The highest BCUT2D eigenvalue weighted by molar-refractivity contribution is 5.95. The summed E-state index contributed by atoms with van der Waals surface area (Å²) in [4.78, 5) is 27.4. The average molecular weight is 378 g/mol. The molecule has 2 aromatic rings. The Hall–Kier alpha value is -3.08. The van der Waals surface area contributed by atoms with Gasteiger partial charge in [-0.05, 0) is 24.0 Å². The molecule has 2 aromatic carbocycles. The molecule has 28 heavy (non-hydrogen) atoms. The Morgan fingerprint density at radius 1 is 1.07 bits per heavy atom. The van der Waals surface area contributed by atoms with Crippen molar-refractivity contribution in [3.05, 3.63) is 83.1 Å². The number of allylic oxidation sites excluding steroid dienone is 1. The van der Waals surface area contributed by atoms with Crippen molar-refractivity contribution in [2.75, 3.05) is 6.61 Å². The van der Waals surface area contributed by atoms with Crippen LogP contribution in [0.2, 0.25) is 0 Å². The molecule has 0 fully saturated rings. The Morgan fingerprint density at radius 3 is 2.29 bits per heavy atom. The summed E-state index contributed by atoms with van der Waals surface area (Å²) in [7, 11) is 0. The number of nitrogens with zero attached hydrogens (tertiary/aromatic N) is 1. The van der Waals surface area contributed by atoms with Gasteiger partial charge in [0.2, 0.25) is 0 Å². The van der Waals surface area contributed by atoms with Crippen LogP contribution in [-0.4, -0.2) is 23.5 Å². The van der Waals surface area contributed by atoms with Gasteiger partial charge in [-0.15, -0.1) is 0 Å². The van der Waals surface area contributed by atoms with Crippen LogP contribution in [-0.2, 0) is 16.1 Å². The lowest BCUT2D eigenvalue weighted by Gasteiger charge is -2.35. The monoisotopic (exact) mass is 378 g/mol. The SMILES string of the molecule is CC1=C(C(=O)OCC(C)C)C(c2ccccc2)NC(=O)N1Cc1ccccc1. The lowest BCUT2D eigenvalue weighted by molar-refractivity contribution is -0.140. The third kappa shape index (κ3) is 4.42. The van der Waals surface area contributed by atoms with Crippen LogP contribution < -0.4 is 5.32 Å². The Labute approximate surface area is 166 Å². The summed E-state index contributed by atoms with van der Waals surface area (Å²) < 4.78 is 5.52. The number of amides is 2. The van der Waals surface area contributed by atoms with Crippen LogP contribution in [0.25, 0.3) is 0 Å². The summed E-state index contributed by atoms with van der Waals surface area (Å²) in [5.74, 6) is -0.156. The maximum atomic E-state index is 12.9. The van der Waals surface area contributed by atoms with E-state index in [4.69, 9.17) is 4.74 Å². The molecule has 1 aliphatic rings. The van der Waals surface area contributed by atoms with E-state index in [9.17, 15) is 9.59 Å². The first-order valence-electron chi connectivity index (χ1n) is 9.52. The third-order valence-corrected chi connectivity index (χ3v) is 4.68. The molecule has 0 bridgehead atoms. The van der Waals surface area contributed by atoms with Crippen LogP contribution in [0, 0.1) is 5.92 Å². The number of benzene rings is 2. The first kappa shape index (κ1) is 19.7. The number of hydrogen-bond acceptors (Lipinski definition) is 3. The van der Waals surface area contributed by atoms with Crippen molar-refractivity contribution in [3.8, 4) is 0 Å². The lowest BCUT2D eigenvalue weighted by atomic mass is 9.94. The molecular weight excluding hydrogens is 352 g/mol. The van der Waals surface area contributed by atoms with Crippen molar-refractivity contribution < 1.29 is 14.3 Å². The van der Waals surface area contributed by atoms with Gasteiger partial charge >= 0.3 is 12.0 Å². The maximum absolute atomic E-state index is 12.9. The van der Waals surface area contributed by atoms with E-state index in [0.717, 1.165) is 11.1 Å². The second kappa shape index (κ2) is 8.74. The second-order valence-electron chi connectivity index (χ2n) is 7.36. The van der Waals surface area contributed by atoms with Gasteiger partial charge in [0.25, 0.3) is 0 Å². The lowest BCUT2D eigenvalue weighted by Crippen LogP contribution is -2.47. The van der Waals surface area contributed by atoms with Gasteiger partial charge in [0.1, 0.15) is 0 Å². The number of nitrogens with one attached hydrogen (secondary N) is 1. The van der Waals surface area contributed by atoms with Gasteiger partial charge in [-0.2, -0.15) is 0 Å². The summed E-state index contributed by atoms with van der Waals surface area (Å²) in [6.07, 6.45) is 0. The molecule has 1 N–H and O–H groups in total. The van der Waals surface area contributed by atoms with Gasteiger partial charge in [-0.3, -0.25) is 4.90 Å². The summed E-state index contributed by atoms with van der Waals surface area (Å²) in [6.45, 7) is 6.52. The zero-order valence-electron chi connectivity index (χ0n) is 16.5. The quantitative estimate of drug-likeness (QED) is 0.757. The molecule has 0 aliphatic carbocycles. The molecule has 1 atom stereocenters. The second-order valence-corrected chi connectivity index (χ2v) is 7.36. The van der Waals surface area contributed by atoms with E-state index in [2.05, 4.69) is 5.32 Å². The Morgan fingerprint density at radius 2 is 1.68 bits per heavy atom. The summed E-state index contributed by atoms with van der Waals surface area (Å²) in [5, 5.41) is 2.98. The van der Waals surface area contributed by atoms with Gasteiger partial charge in [0, 0.05) is 5.70 Å². The molecule has 146 valence electrons. The zero-order valence-corrected chi connectivity index (χ0v) is 16.5. The number of esters is 1. The fourth-order valence-corrected chi connectivity index (χ4v) is 3.22. The Bertz CT molecular complexity index is 860. The first-order chi connectivity index (χ1) is 13.5. The van der Waals surface area contributed by atoms with Crippen LogP contribution >= 0.6 is 0 Å². The van der Waals surface area contributed by atoms with Crippen LogP contribution in [0.15, 0.2) is 71.9 Å². The third-order valence-electron chi connectivity index (χ3n) is 4.68. The van der Waals surface area contributed by atoms with E-state index in [1.54, 1.807) is 4.90 Å². The van der Waals surface area contributed by atoms with Crippen molar-refractivity contribution >= 4 is 12.0 Å². The molecule has 2 amide bonds. The minimum Gasteiger partial charge on any atom is -0.462 e. The number of hydrogen-bond donors (Lipinski definition) is 1. The Kier molecular flexibility index (Phi) is 6.14. The van der Waals surface area contributed by atoms with Gasteiger partial charge in [0.05, 0.1) is 24.8 Å². The summed E-state index contributed by atoms with van der Waals surface area (Å²) in [6, 6.07) is 18.5. The van der Waals surface area contributed by atoms with E-state index < -0.39 is 12.0 Å². The molecule has 3 rings (SSSR count). The van der Waals surface area contributed by atoms with E-state index in [1.807, 2.05) is 81.4 Å². The first-order valence-corrected chi connectivity index (χ1v) is 9.52. The van der Waals surface area contributed by atoms with Crippen molar-refractivity contribution in [2.45, 2.75) is 33.4 Å². The number of carbonyl (C=O) groups is 2. The zero-order chi connectivity index (χ0) is 20.1. The predicted molar refractivity (Wildman–Crippen MR) is 108 cm³/mol. The van der Waals surface area contributed by atoms with E-state index in [-0.39, 0.29) is 11.9 Å². The van der Waals surface area contributed by atoms with Gasteiger partial charge in [0.15, 0.2) is 0 Å². The molecule has 0 aromatic heterocycles. The largest absolute Gasteiger partial charge is 0.462 e. The highest BCUT2D eigenvalue weighted by Crippen LogP contribution is 2.32. The van der Waals surface area contributed by atoms with Crippen molar-refractivity contribution in [1.29, 1.82) is 0 Å². The number of carbonyl (C=O) groups excluding carboxylic acids is 2. The molecular formula is C23H26N2O3. The van der Waals surface area contributed by atoms with Crippen LogP contribution in [0.1, 0.15) is 37.9 Å². The summed E-state index contributed by atoms with van der Waals surface area (Å²) >= 11 is 0. The molecule has 5 heteroatoms. The fourth-order valence-electron chi connectivity index (χ4n) is 3.22. The van der Waals surface area contributed by atoms with Crippen molar-refractivity contribution in [1.82, 2.24) is 10.2 Å². The number of ether oxygens (including phenoxy) is 1. The molecule has 0 saturated heterocycles. The minimum atomic E-state index is -0.527. The molecule has 1 heterocycles. The fraction of sp³-hybridized carbons (Fsp3) is 0.304. The maximum Gasteiger partial charge on any atom is 0.338 e. The van der Waals surface area contributed by atoms with Gasteiger partial charge in [-0.1, -0.05) is 74.5 Å². The van der Waals surface area contributed by atoms with Crippen LogP contribution in [0.4, 0.5) is 4.79 Å². The highest BCUT2D eigenvalue weighted by atomic mass is 16.5. The molecule has 0 spiro atoms. The minimum absolute atomic E-state index is 0.226. The van der Waals surface area contributed by atoms with Crippen LogP contribution in [0.5, 0.6) is 0 Å². The smallest absolute Gasteiger partial charge is 0.338 e. The molecule has 1 unspecified atom stereocenters. The summed E-state index contributed by atoms with van der Waals surface area (Å²) in [5.41, 5.74) is 2.94. The highest BCUT2D eigenvalue weighted by Gasteiger charge is 2.36. The Balaban J connectivity index is 1.98. The van der Waals surface area contributed by atoms with Crippen LogP contribution in [0.3, 0.4) is 0 Å². The van der Waals surface area contributed by atoms with E-state index in [1.165, 1.54) is 0 Å². The molecule has 1 aliphatic heterocycles. The predicted octanol–water partition coefficient (Wildman–Crippen LogP) is 4.43. The topological polar surface area (TPSA) is 58.6 Å². The number of rotatable bonds is 6. The number of urea groups is 1. The molecule has 0 radical (unpaired) electrons. The van der Waals surface area contributed by atoms with Gasteiger partial charge in [-0.25, -0.2) is 9.59 Å².